The number of thiazole rings is 1. The Bertz CT molecular complexity index is 1510. The van der Waals surface area contributed by atoms with Gasteiger partial charge in [-0.25, -0.2) is 4.98 Å². The number of aryl methyl sites for hydroxylation is 1. The zero-order valence-electron chi connectivity index (χ0n) is 22.9. The van der Waals surface area contributed by atoms with Crippen LogP contribution in [0.5, 0.6) is 28.7 Å². The van der Waals surface area contributed by atoms with Crippen molar-refractivity contribution in [2.45, 2.75) is 25.7 Å². The highest BCUT2D eigenvalue weighted by Gasteiger charge is 2.27. The van der Waals surface area contributed by atoms with Gasteiger partial charge in [-0.15, -0.1) is 0 Å². The smallest absolute Gasteiger partial charge is 0.203 e. The lowest BCUT2D eigenvalue weighted by Gasteiger charge is -2.17. The number of hydrogen-bond acceptors (Lipinski definition) is 11. The Labute approximate surface area is 236 Å². The summed E-state index contributed by atoms with van der Waals surface area (Å²) in [5, 5.41) is 18.5. The maximum Gasteiger partial charge on any atom is 0.203 e. The number of anilines is 1. The number of aliphatic hydroxyl groups excluding tert-OH is 1. The summed E-state index contributed by atoms with van der Waals surface area (Å²) in [6.07, 6.45) is -0.796. The van der Waals surface area contributed by atoms with Crippen LogP contribution in [-0.2, 0) is 4.84 Å². The van der Waals surface area contributed by atoms with Gasteiger partial charge in [0.15, 0.2) is 40.5 Å². The minimum absolute atomic E-state index is 0.0204. The maximum atomic E-state index is 10.6. The molecule has 2 N–H and O–H groups in total. The van der Waals surface area contributed by atoms with Gasteiger partial charge in [-0.2, -0.15) is 0 Å². The molecule has 4 aromatic rings. The molecule has 0 amide bonds. The Balaban J connectivity index is 1.26. The van der Waals surface area contributed by atoms with Gasteiger partial charge in [0.1, 0.15) is 6.61 Å². The lowest BCUT2D eigenvalue weighted by Crippen LogP contribution is -2.26. The molecular formula is C29H31N3O7S. The summed E-state index contributed by atoms with van der Waals surface area (Å²) in [5.41, 5.74) is 4.42. The van der Waals surface area contributed by atoms with Crippen LogP contribution in [0.15, 0.2) is 53.7 Å². The van der Waals surface area contributed by atoms with E-state index < -0.39 is 6.23 Å². The van der Waals surface area contributed by atoms with E-state index in [9.17, 15) is 5.11 Å². The third-order valence-electron chi connectivity index (χ3n) is 6.46. The first kappa shape index (κ1) is 27.4. The fraction of sp³-hybridized carbons (Fsp3) is 0.310. The minimum atomic E-state index is -0.979. The third kappa shape index (κ3) is 5.70. The van der Waals surface area contributed by atoms with Gasteiger partial charge in [0.05, 0.1) is 44.4 Å². The molecular weight excluding hydrogens is 534 g/mol. The van der Waals surface area contributed by atoms with Gasteiger partial charge in [0, 0.05) is 12.0 Å². The summed E-state index contributed by atoms with van der Waals surface area (Å²) < 4.78 is 28.8. The molecule has 1 aromatic heterocycles. The molecule has 11 heteroatoms. The molecule has 0 saturated heterocycles. The van der Waals surface area contributed by atoms with E-state index in [4.69, 9.17) is 28.5 Å². The number of nitrogens with zero attached hydrogens (tertiary/aromatic N) is 2. The summed E-state index contributed by atoms with van der Waals surface area (Å²) in [4.78, 5) is 10.3. The van der Waals surface area contributed by atoms with Crippen LogP contribution in [0.1, 0.15) is 29.2 Å². The van der Waals surface area contributed by atoms with Crippen molar-refractivity contribution in [2.24, 2.45) is 5.16 Å². The van der Waals surface area contributed by atoms with Crippen molar-refractivity contribution < 1.29 is 33.6 Å². The fourth-order valence-electron chi connectivity index (χ4n) is 4.43. The molecule has 1 aliphatic heterocycles. The lowest BCUT2D eigenvalue weighted by molar-refractivity contribution is 0.0851. The van der Waals surface area contributed by atoms with Crippen molar-refractivity contribution in [1.82, 2.24) is 4.98 Å². The van der Waals surface area contributed by atoms with Crippen LogP contribution in [-0.4, -0.2) is 57.1 Å². The molecule has 2 atom stereocenters. The third-order valence-corrected chi connectivity index (χ3v) is 7.42. The zero-order valence-corrected chi connectivity index (χ0v) is 23.7. The monoisotopic (exact) mass is 565 g/mol. The van der Waals surface area contributed by atoms with Gasteiger partial charge in [0.2, 0.25) is 5.75 Å². The van der Waals surface area contributed by atoms with Crippen LogP contribution < -0.4 is 29.0 Å². The number of ether oxygens (including phenoxy) is 5. The molecule has 210 valence electrons. The van der Waals surface area contributed by atoms with E-state index in [0.29, 0.717) is 40.3 Å². The van der Waals surface area contributed by atoms with Crippen LogP contribution >= 0.6 is 11.3 Å². The van der Waals surface area contributed by atoms with Crippen molar-refractivity contribution in [1.29, 1.82) is 0 Å². The minimum Gasteiger partial charge on any atom is -0.493 e. The number of hydrogen-bond donors (Lipinski definition) is 2. The highest BCUT2D eigenvalue weighted by molar-refractivity contribution is 7.22. The maximum absolute atomic E-state index is 10.6. The zero-order chi connectivity index (χ0) is 28.2. The van der Waals surface area contributed by atoms with Crippen LogP contribution in [0.2, 0.25) is 0 Å². The van der Waals surface area contributed by atoms with Crippen molar-refractivity contribution in [3.63, 3.8) is 0 Å². The van der Waals surface area contributed by atoms with E-state index in [1.165, 1.54) is 11.3 Å². The molecule has 0 bridgehead atoms. The molecule has 0 saturated carbocycles. The summed E-state index contributed by atoms with van der Waals surface area (Å²) in [7, 11) is 6.27. The summed E-state index contributed by atoms with van der Waals surface area (Å²) >= 11 is 1.47. The quantitative estimate of drug-likeness (QED) is 0.234. The van der Waals surface area contributed by atoms with E-state index in [0.717, 1.165) is 32.6 Å². The van der Waals surface area contributed by atoms with Gasteiger partial charge in [-0.3, -0.25) is 0 Å². The topological polar surface area (TPSA) is 113 Å². The van der Waals surface area contributed by atoms with Crippen molar-refractivity contribution in [2.75, 3.05) is 40.4 Å². The number of nitrogens with one attached hydrogen (secondary N) is 1. The Kier molecular flexibility index (Phi) is 8.13. The molecule has 2 heterocycles. The first-order valence-electron chi connectivity index (χ1n) is 12.6. The SMILES string of the molecule is COc1ccc(C2CC(c3cc(OC)c(OC)c(OC)c3)=NO2)cc1OCC(O)Nc1nc2cc(C)ccc2s1. The van der Waals surface area contributed by atoms with Crippen LogP contribution in [0.3, 0.4) is 0 Å². The Hall–Kier alpha value is -4.22. The molecule has 2 unspecified atom stereocenters. The second-order valence-electron chi connectivity index (χ2n) is 9.12. The predicted octanol–water partition coefficient (Wildman–Crippen LogP) is 5.31. The predicted molar refractivity (Wildman–Crippen MR) is 154 cm³/mol. The summed E-state index contributed by atoms with van der Waals surface area (Å²) in [5.74, 6) is 2.60. The molecule has 40 heavy (non-hydrogen) atoms. The van der Waals surface area contributed by atoms with Gasteiger partial charge < -0.3 is 38.9 Å². The van der Waals surface area contributed by atoms with E-state index in [-0.39, 0.29) is 12.7 Å². The Morgan fingerprint density at radius 1 is 0.950 bits per heavy atom. The van der Waals surface area contributed by atoms with Crippen LogP contribution in [0.4, 0.5) is 5.13 Å². The second-order valence-corrected chi connectivity index (χ2v) is 10.2. The van der Waals surface area contributed by atoms with Crippen molar-refractivity contribution in [3.8, 4) is 28.7 Å². The Morgan fingerprint density at radius 3 is 2.40 bits per heavy atom. The molecule has 3 aromatic carbocycles. The molecule has 5 rings (SSSR count). The first-order valence-corrected chi connectivity index (χ1v) is 13.4. The number of oxime groups is 1. The van der Waals surface area contributed by atoms with E-state index in [1.807, 2.05) is 49.4 Å². The molecule has 0 radical (unpaired) electrons. The lowest BCUT2D eigenvalue weighted by atomic mass is 9.99. The van der Waals surface area contributed by atoms with E-state index in [1.54, 1.807) is 34.5 Å². The van der Waals surface area contributed by atoms with Gasteiger partial charge >= 0.3 is 0 Å². The fourth-order valence-corrected chi connectivity index (χ4v) is 5.33. The number of benzene rings is 3. The normalized spacial score (nSPS) is 15.2. The van der Waals surface area contributed by atoms with Gasteiger partial charge in [0.25, 0.3) is 0 Å². The summed E-state index contributed by atoms with van der Waals surface area (Å²) in [6.45, 7) is 2.00. The number of aromatic nitrogens is 1. The average Bonchev–Trinajstić information content (AvgIpc) is 3.62. The van der Waals surface area contributed by atoms with Crippen molar-refractivity contribution >= 4 is 32.4 Å². The molecule has 10 nitrogen and oxygen atoms in total. The van der Waals surface area contributed by atoms with E-state index in [2.05, 4.69) is 15.5 Å². The summed E-state index contributed by atoms with van der Waals surface area (Å²) in [6, 6.07) is 15.3. The number of rotatable bonds is 11. The average molecular weight is 566 g/mol. The molecule has 0 aliphatic carbocycles. The first-order chi connectivity index (χ1) is 19.4. The number of methoxy groups -OCH3 is 4. The molecule has 0 spiro atoms. The number of aliphatic hydroxyl groups is 1. The second kappa shape index (κ2) is 11.9. The van der Waals surface area contributed by atoms with Gasteiger partial charge in [-0.1, -0.05) is 28.6 Å². The number of fused-ring (bicyclic) bond motifs is 1. The van der Waals surface area contributed by atoms with Gasteiger partial charge in [-0.05, 0) is 54.4 Å². The largest absolute Gasteiger partial charge is 0.493 e. The highest BCUT2D eigenvalue weighted by atomic mass is 32.1. The standard InChI is InChI=1S/C29H31N3O7S/c1-16-6-9-26-20(10-16)30-29(40-26)31-27(33)15-38-23-11-17(7-8-21(23)34-2)22-14-19(32-39-22)18-12-24(35-3)28(37-5)25(13-18)36-4/h6-13,22,27,33H,14-15H2,1-5H3,(H,30,31). The van der Waals surface area contributed by atoms with Crippen LogP contribution in [0.25, 0.3) is 10.2 Å². The molecule has 0 fully saturated rings. The van der Waals surface area contributed by atoms with E-state index >= 15 is 0 Å². The highest BCUT2D eigenvalue weighted by Crippen LogP contribution is 2.41. The Morgan fingerprint density at radius 2 is 1.70 bits per heavy atom. The van der Waals surface area contributed by atoms with Crippen molar-refractivity contribution in [3.05, 3.63) is 65.2 Å². The van der Waals surface area contributed by atoms with Crippen LogP contribution in [0, 0.1) is 6.92 Å². The molecule has 1 aliphatic rings.